The summed E-state index contributed by atoms with van der Waals surface area (Å²) >= 11 is 0. The van der Waals surface area contributed by atoms with E-state index in [1.807, 2.05) is 49.5 Å². The molecule has 51 heavy (non-hydrogen) atoms. The van der Waals surface area contributed by atoms with Crippen molar-refractivity contribution in [2.75, 3.05) is 29.1 Å². The Morgan fingerprint density at radius 3 is 2.08 bits per heavy atom. The molecule has 0 aliphatic heterocycles. The van der Waals surface area contributed by atoms with E-state index >= 15 is 0 Å². The van der Waals surface area contributed by atoms with Gasteiger partial charge in [0.25, 0.3) is 0 Å². The van der Waals surface area contributed by atoms with Gasteiger partial charge in [-0.25, -0.2) is 0 Å². The van der Waals surface area contributed by atoms with Crippen molar-refractivity contribution in [1.29, 1.82) is 0 Å². The first kappa shape index (κ1) is 34.8. The number of benzene rings is 3. The summed E-state index contributed by atoms with van der Waals surface area (Å²) < 4.78 is 0. The summed E-state index contributed by atoms with van der Waals surface area (Å²) in [6.45, 7) is 3.44. The van der Waals surface area contributed by atoms with E-state index in [2.05, 4.69) is 106 Å². The molecule has 12 heteroatoms. The molecular formula is C39H44N12. The number of aromatic nitrogens is 7. The molecule has 12 nitrogen and oxygen atoms in total. The van der Waals surface area contributed by atoms with Crippen LogP contribution >= 0.6 is 0 Å². The van der Waals surface area contributed by atoms with Gasteiger partial charge in [0.2, 0.25) is 23.8 Å². The van der Waals surface area contributed by atoms with Crippen molar-refractivity contribution in [3.05, 3.63) is 137 Å². The normalized spacial score (nSPS) is 13.5. The Morgan fingerprint density at radius 1 is 0.686 bits per heavy atom. The molecule has 1 unspecified atom stereocenters. The smallest absolute Gasteiger partial charge is 0.232 e. The summed E-state index contributed by atoms with van der Waals surface area (Å²) in [7, 11) is 2.02. The molecule has 0 amide bonds. The quantitative estimate of drug-likeness (QED) is 0.118. The fourth-order valence-electron chi connectivity index (χ4n) is 6.05. The maximum atomic E-state index is 5.91. The van der Waals surface area contributed by atoms with Gasteiger partial charge in [0.15, 0.2) is 0 Å². The summed E-state index contributed by atoms with van der Waals surface area (Å²) in [5.74, 6) is 3.44. The highest BCUT2D eigenvalue weighted by molar-refractivity contribution is 5.54. The third-order valence-electron chi connectivity index (χ3n) is 8.56. The van der Waals surface area contributed by atoms with Crippen LogP contribution in [0.4, 0.5) is 35.2 Å². The summed E-state index contributed by atoms with van der Waals surface area (Å²) in [6.07, 6.45) is 8.83. The van der Waals surface area contributed by atoms with Crippen LogP contribution in [-0.4, -0.2) is 46.8 Å². The van der Waals surface area contributed by atoms with Crippen LogP contribution in [0, 0.1) is 12.8 Å². The molecule has 6 aromatic rings. The molecule has 1 aliphatic carbocycles. The van der Waals surface area contributed by atoms with Gasteiger partial charge in [-0.1, -0.05) is 72.3 Å². The highest BCUT2D eigenvalue weighted by Gasteiger charge is 2.19. The van der Waals surface area contributed by atoms with Crippen molar-refractivity contribution in [2.45, 2.75) is 52.1 Å². The monoisotopic (exact) mass is 680 g/mol. The molecule has 0 saturated heterocycles. The lowest BCUT2D eigenvalue weighted by Crippen LogP contribution is -2.20. The van der Waals surface area contributed by atoms with Crippen LogP contribution in [0.3, 0.4) is 0 Å². The maximum absolute atomic E-state index is 5.91. The van der Waals surface area contributed by atoms with Crippen molar-refractivity contribution in [3.8, 4) is 0 Å². The minimum Gasteiger partial charge on any atom is -0.368 e. The molecule has 3 aromatic carbocycles. The molecule has 0 spiro atoms. The molecule has 0 saturated carbocycles. The number of nitrogens with two attached hydrogens (primary N) is 2. The number of nitrogens with zero attached hydrogens (tertiary/aromatic N) is 8. The van der Waals surface area contributed by atoms with Crippen LogP contribution in [0.15, 0.2) is 103 Å². The van der Waals surface area contributed by atoms with Crippen molar-refractivity contribution in [1.82, 2.24) is 39.8 Å². The largest absolute Gasteiger partial charge is 0.368 e. The molecule has 6 N–H and O–H groups in total. The first-order valence-corrected chi connectivity index (χ1v) is 17.2. The molecular weight excluding hydrogens is 637 g/mol. The average Bonchev–Trinajstić information content (AvgIpc) is 3.12. The molecule has 0 radical (unpaired) electrons. The van der Waals surface area contributed by atoms with E-state index in [0.29, 0.717) is 30.2 Å². The Morgan fingerprint density at radius 2 is 1.35 bits per heavy atom. The van der Waals surface area contributed by atoms with Crippen molar-refractivity contribution < 1.29 is 0 Å². The summed E-state index contributed by atoms with van der Waals surface area (Å²) in [6, 6.07) is 30.9. The Hall–Kier alpha value is -6.01. The van der Waals surface area contributed by atoms with E-state index in [1.54, 1.807) is 12.4 Å². The lowest BCUT2D eigenvalue weighted by atomic mass is 9.82. The number of hydrogen-bond donors (Lipinski definition) is 4. The second-order valence-electron chi connectivity index (χ2n) is 12.8. The zero-order valence-electron chi connectivity index (χ0n) is 29.1. The Bertz CT molecular complexity index is 1990. The molecule has 3 heterocycles. The highest BCUT2D eigenvalue weighted by Crippen LogP contribution is 2.28. The number of nitrogens with one attached hydrogen (secondary N) is 2. The average molecular weight is 681 g/mol. The van der Waals surface area contributed by atoms with Crippen LogP contribution < -0.4 is 22.1 Å². The molecule has 3 aromatic heterocycles. The number of aryl methyl sites for hydroxylation is 3. The predicted octanol–water partition coefficient (Wildman–Crippen LogP) is 6.47. The highest BCUT2D eigenvalue weighted by atomic mass is 15.2. The van der Waals surface area contributed by atoms with E-state index in [-0.39, 0.29) is 11.9 Å². The van der Waals surface area contributed by atoms with Gasteiger partial charge in [0.1, 0.15) is 11.6 Å². The van der Waals surface area contributed by atoms with E-state index in [9.17, 15) is 0 Å². The minimum absolute atomic E-state index is 0.194. The van der Waals surface area contributed by atoms with Crippen molar-refractivity contribution >= 4 is 35.2 Å². The Labute approximate surface area is 298 Å². The Kier molecular flexibility index (Phi) is 11.7. The van der Waals surface area contributed by atoms with Gasteiger partial charge in [-0.05, 0) is 86.5 Å². The van der Waals surface area contributed by atoms with E-state index in [1.165, 1.54) is 35.1 Å². The van der Waals surface area contributed by atoms with Crippen LogP contribution in [0.2, 0.25) is 0 Å². The predicted molar refractivity (Wildman–Crippen MR) is 202 cm³/mol. The second-order valence-corrected chi connectivity index (χ2v) is 12.8. The molecule has 1 aliphatic rings. The summed E-state index contributed by atoms with van der Waals surface area (Å²) in [5, 5.41) is 6.31. The first-order chi connectivity index (χ1) is 24.8. The van der Waals surface area contributed by atoms with E-state index in [4.69, 9.17) is 11.5 Å². The topological polar surface area (TPSA) is 170 Å². The molecule has 260 valence electrons. The minimum atomic E-state index is 0.194. The van der Waals surface area contributed by atoms with Crippen LogP contribution in [-0.2, 0) is 32.4 Å². The summed E-state index contributed by atoms with van der Waals surface area (Å²) in [4.78, 5) is 32.1. The van der Waals surface area contributed by atoms with Gasteiger partial charge in [0, 0.05) is 24.8 Å². The van der Waals surface area contributed by atoms with Crippen molar-refractivity contribution in [3.63, 3.8) is 0 Å². The van der Waals surface area contributed by atoms with Gasteiger partial charge in [0.05, 0.1) is 18.4 Å². The number of rotatable bonds is 11. The van der Waals surface area contributed by atoms with Crippen LogP contribution in [0.5, 0.6) is 0 Å². The maximum Gasteiger partial charge on any atom is 0.232 e. The van der Waals surface area contributed by atoms with Crippen LogP contribution in [0.25, 0.3) is 0 Å². The van der Waals surface area contributed by atoms with Gasteiger partial charge in [-0.15, -0.1) is 0 Å². The second kappa shape index (κ2) is 17.1. The fraction of sp³-hybridized carbons (Fsp3) is 0.256. The first-order valence-electron chi connectivity index (χ1n) is 17.2. The lowest BCUT2D eigenvalue weighted by molar-refractivity contribution is 0.310. The van der Waals surface area contributed by atoms with E-state index < -0.39 is 0 Å². The summed E-state index contributed by atoms with van der Waals surface area (Å²) in [5.41, 5.74) is 18.9. The zero-order valence-corrected chi connectivity index (χ0v) is 29.1. The lowest BCUT2D eigenvalue weighted by Gasteiger charge is -2.24. The number of fused-ring (bicyclic) bond motifs is 1. The SMILES string of the molecule is CN(Cc1ccccc1)Cc1nc(N)nc(Nc2cccnc2)n1.Cc1ccc(Nc2nc(N)nc(CCC3CCc4ccccc4C3)n2)cc1. The zero-order chi connectivity index (χ0) is 35.4. The molecule has 0 fully saturated rings. The molecule has 7 rings (SSSR count). The molecule has 1 atom stereocenters. The standard InChI is InChI=1S/C22H25N5.C17H19N7/c1-15-6-11-19(12-7-15)24-22-26-20(25-21(23)27-22)13-9-16-8-10-17-4-2-3-5-18(17)14-16;1-24(11-13-6-3-2-4-7-13)12-15-21-16(18)23-17(22-15)20-14-8-5-9-19-10-14/h2-7,11-12,16H,8-10,13-14H2,1H3,(H3,23,24,25,26,27);2-10H,11-12H2,1H3,(H3,18,20,21,22,23). The number of nitrogen functional groups attached to an aromatic ring is 2. The van der Waals surface area contributed by atoms with Crippen LogP contribution in [0.1, 0.15) is 46.7 Å². The molecule has 0 bridgehead atoms. The number of pyridine rings is 1. The fourth-order valence-corrected chi connectivity index (χ4v) is 6.05. The van der Waals surface area contributed by atoms with Crippen molar-refractivity contribution in [2.24, 2.45) is 5.92 Å². The van der Waals surface area contributed by atoms with Gasteiger partial charge >= 0.3 is 0 Å². The Balaban J connectivity index is 0.000000177. The van der Waals surface area contributed by atoms with Gasteiger partial charge in [-0.2, -0.15) is 29.9 Å². The van der Waals surface area contributed by atoms with Gasteiger partial charge < -0.3 is 22.1 Å². The van der Waals surface area contributed by atoms with E-state index in [0.717, 1.165) is 43.0 Å². The van der Waals surface area contributed by atoms with Gasteiger partial charge in [-0.3, -0.25) is 9.88 Å². The number of hydrogen-bond acceptors (Lipinski definition) is 12. The third kappa shape index (κ3) is 10.7. The third-order valence-corrected chi connectivity index (χ3v) is 8.56. The number of anilines is 6.